The van der Waals surface area contributed by atoms with E-state index in [1.54, 1.807) is 0 Å². The number of benzene rings is 1. The molecular weight excluding hydrogens is 289 g/mol. The third-order valence-electron chi connectivity index (χ3n) is 2.96. The van der Waals surface area contributed by atoms with E-state index in [0.29, 0.717) is 23.7 Å². The number of methoxy groups -OCH3 is 1. The maximum Gasteiger partial charge on any atom is 0.323 e. The molecule has 19 heavy (non-hydrogen) atoms. The van der Waals surface area contributed by atoms with Crippen LogP contribution < -0.4 is 10.1 Å². The Bertz CT molecular complexity index is 454. The highest BCUT2D eigenvalue weighted by Gasteiger charge is 2.31. The third-order valence-corrected chi connectivity index (χ3v) is 3.25. The average molecular weight is 306 g/mol. The molecule has 0 spiro atoms. The Morgan fingerprint density at radius 1 is 1.47 bits per heavy atom. The zero-order valence-electron chi connectivity index (χ0n) is 10.8. The standard InChI is InChI=1S/C13H16ClNO3.ClH/c1-8-3-4-12(10(14)5-8)18-9-6-11(15-7-9)13(16)17-2;/h3-5,9,11,15H,6-7H2,1-2H3;1H/t9-,11+;/m1./s1. The molecule has 0 amide bonds. The molecule has 4 nitrogen and oxygen atoms in total. The zero-order chi connectivity index (χ0) is 13.1. The molecule has 1 heterocycles. The quantitative estimate of drug-likeness (QED) is 0.871. The second-order valence-corrected chi connectivity index (χ2v) is 4.80. The van der Waals surface area contributed by atoms with Gasteiger partial charge in [0.1, 0.15) is 17.9 Å². The van der Waals surface area contributed by atoms with Crippen molar-refractivity contribution in [2.24, 2.45) is 0 Å². The number of rotatable bonds is 3. The summed E-state index contributed by atoms with van der Waals surface area (Å²) in [7, 11) is 1.38. The van der Waals surface area contributed by atoms with E-state index in [9.17, 15) is 4.79 Å². The van der Waals surface area contributed by atoms with E-state index in [2.05, 4.69) is 10.1 Å². The van der Waals surface area contributed by atoms with Gasteiger partial charge in [0.25, 0.3) is 0 Å². The fourth-order valence-corrected chi connectivity index (χ4v) is 2.28. The lowest BCUT2D eigenvalue weighted by molar-refractivity contribution is -0.142. The number of nitrogens with one attached hydrogen (secondary N) is 1. The van der Waals surface area contributed by atoms with Crippen LogP contribution in [0.1, 0.15) is 12.0 Å². The lowest BCUT2D eigenvalue weighted by atomic mass is 10.2. The molecule has 6 heteroatoms. The van der Waals surface area contributed by atoms with Gasteiger partial charge < -0.3 is 14.8 Å². The van der Waals surface area contributed by atoms with Crippen LogP contribution in [-0.2, 0) is 9.53 Å². The summed E-state index contributed by atoms with van der Waals surface area (Å²) in [5.41, 5.74) is 1.09. The molecule has 1 aliphatic rings. The van der Waals surface area contributed by atoms with Crippen molar-refractivity contribution in [3.63, 3.8) is 0 Å². The van der Waals surface area contributed by atoms with Crippen molar-refractivity contribution in [1.29, 1.82) is 0 Å². The molecule has 1 fully saturated rings. The van der Waals surface area contributed by atoms with Crippen LogP contribution >= 0.6 is 24.0 Å². The summed E-state index contributed by atoms with van der Waals surface area (Å²) in [5.74, 6) is 0.399. The number of hydrogen-bond acceptors (Lipinski definition) is 4. The fraction of sp³-hybridized carbons (Fsp3) is 0.462. The van der Waals surface area contributed by atoms with Crippen LogP contribution in [0.2, 0.25) is 5.02 Å². The SMILES string of the molecule is COC(=O)[C@@H]1C[C@@H](Oc2ccc(C)cc2Cl)CN1.Cl. The van der Waals surface area contributed by atoms with Gasteiger partial charge in [-0.3, -0.25) is 4.79 Å². The summed E-state index contributed by atoms with van der Waals surface area (Å²) in [5, 5.41) is 3.66. The van der Waals surface area contributed by atoms with Gasteiger partial charge in [-0.25, -0.2) is 0 Å². The zero-order valence-corrected chi connectivity index (χ0v) is 12.4. The summed E-state index contributed by atoms with van der Waals surface area (Å²) >= 11 is 6.10. The van der Waals surface area contributed by atoms with E-state index >= 15 is 0 Å². The number of aryl methyl sites for hydroxylation is 1. The minimum Gasteiger partial charge on any atom is -0.487 e. The van der Waals surface area contributed by atoms with Crippen LogP contribution in [0, 0.1) is 6.92 Å². The summed E-state index contributed by atoms with van der Waals surface area (Å²) in [4.78, 5) is 11.4. The highest BCUT2D eigenvalue weighted by molar-refractivity contribution is 6.32. The molecule has 1 saturated heterocycles. The topological polar surface area (TPSA) is 47.6 Å². The maximum atomic E-state index is 11.4. The Morgan fingerprint density at radius 3 is 2.84 bits per heavy atom. The van der Waals surface area contributed by atoms with Crippen LogP contribution in [0.3, 0.4) is 0 Å². The van der Waals surface area contributed by atoms with E-state index < -0.39 is 0 Å². The van der Waals surface area contributed by atoms with Crippen LogP contribution in [0.15, 0.2) is 18.2 Å². The molecule has 0 aromatic heterocycles. The Morgan fingerprint density at radius 2 is 2.21 bits per heavy atom. The smallest absolute Gasteiger partial charge is 0.323 e. The molecule has 1 aromatic carbocycles. The predicted octanol–water partition coefficient (Wildman–Crippen LogP) is 2.35. The normalized spacial score (nSPS) is 21.6. The van der Waals surface area contributed by atoms with Crippen molar-refractivity contribution in [2.45, 2.75) is 25.5 Å². The number of esters is 1. The molecule has 1 N–H and O–H groups in total. The van der Waals surface area contributed by atoms with Gasteiger partial charge in [-0.05, 0) is 24.6 Å². The molecular formula is C13H17Cl2NO3. The summed E-state index contributed by atoms with van der Waals surface area (Å²) < 4.78 is 10.5. The van der Waals surface area contributed by atoms with E-state index in [0.717, 1.165) is 5.56 Å². The number of carbonyl (C=O) groups is 1. The number of ether oxygens (including phenoxy) is 2. The minimum atomic E-state index is -0.288. The molecule has 1 aliphatic heterocycles. The van der Waals surface area contributed by atoms with Gasteiger partial charge in [-0.15, -0.1) is 12.4 Å². The second kappa shape index (κ2) is 6.98. The fourth-order valence-electron chi connectivity index (χ4n) is 2.00. The molecule has 0 aliphatic carbocycles. The van der Waals surface area contributed by atoms with Crippen molar-refractivity contribution in [3.05, 3.63) is 28.8 Å². The summed E-state index contributed by atoms with van der Waals surface area (Å²) in [6.45, 7) is 2.59. The molecule has 2 atom stereocenters. The van der Waals surface area contributed by atoms with Crippen molar-refractivity contribution in [2.75, 3.05) is 13.7 Å². The average Bonchev–Trinajstić information content (AvgIpc) is 2.80. The van der Waals surface area contributed by atoms with Gasteiger partial charge in [-0.2, -0.15) is 0 Å². The number of hydrogen-bond donors (Lipinski definition) is 1. The van der Waals surface area contributed by atoms with Crippen molar-refractivity contribution >= 4 is 30.0 Å². The molecule has 0 saturated carbocycles. The van der Waals surface area contributed by atoms with Gasteiger partial charge in [-0.1, -0.05) is 17.7 Å². The van der Waals surface area contributed by atoms with Crippen LogP contribution in [0.4, 0.5) is 0 Å². The first kappa shape index (κ1) is 16.1. The van der Waals surface area contributed by atoms with Crippen LogP contribution in [0.25, 0.3) is 0 Å². The van der Waals surface area contributed by atoms with E-state index in [-0.39, 0.29) is 30.5 Å². The first-order chi connectivity index (χ1) is 8.60. The molecule has 1 aromatic rings. The van der Waals surface area contributed by atoms with Gasteiger partial charge in [0.05, 0.1) is 12.1 Å². The highest BCUT2D eigenvalue weighted by Crippen LogP contribution is 2.27. The monoisotopic (exact) mass is 305 g/mol. The molecule has 0 bridgehead atoms. The highest BCUT2D eigenvalue weighted by atomic mass is 35.5. The lowest BCUT2D eigenvalue weighted by Gasteiger charge is -2.14. The maximum absolute atomic E-state index is 11.4. The van der Waals surface area contributed by atoms with E-state index in [1.807, 2.05) is 25.1 Å². The van der Waals surface area contributed by atoms with Crippen LogP contribution in [0.5, 0.6) is 5.75 Å². The summed E-state index contributed by atoms with van der Waals surface area (Å²) in [6, 6.07) is 5.37. The van der Waals surface area contributed by atoms with Crippen molar-refractivity contribution in [1.82, 2.24) is 5.32 Å². The van der Waals surface area contributed by atoms with Crippen LogP contribution in [-0.4, -0.2) is 31.8 Å². The van der Waals surface area contributed by atoms with E-state index in [1.165, 1.54) is 7.11 Å². The number of halogens is 2. The number of carbonyl (C=O) groups excluding carboxylic acids is 1. The van der Waals surface area contributed by atoms with Gasteiger partial charge >= 0.3 is 5.97 Å². The Hall–Kier alpha value is -0.970. The van der Waals surface area contributed by atoms with Gasteiger partial charge in [0.15, 0.2) is 0 Å². The minimum absolute atomic E-state index is 0. The Kier molecular flexibility index (Phi) is 5.91. The molecule has 0 radical (unpaired) electrons. The van der Waals surface area contributed by atoms with Crippen molar-refractivity contribution in [3.8, 4) is 5.75 Å². The molecule has 2 rings (SSSR count). The Balaban J connectivity index is 0.00000180. The second-order valence-electron chi connectivity index (χ2n) is 4.39. The first-order valence-corrected chi connectivity index (χ1v) is 6.22. The van der Waals surface area contributed by atoms with Gasteiger partial charge in [0.2, 0.25) is 0 Å². The largest absolute Gasteiger partial charge is 0.487 e. The summed E-state index contributed by atoms with van der Waals surface area (Å²) in [6.07, 6.45) is 0.533. The Labute approximate surface area is 123 Å². The van der Waals surface area contributed by atoms with Crippen molar-refractivity contribution < 1.29 is 14.3 Å². The van der Waals surface area contributed by atoms with Gasteiger partial charge in [0, 0.05) is 13.0 Å². The third kappa shape index (κ3) is 4.00. The lowest BCUT2D eigenvalue weighted by Crippen LogP contribution is -2.31. The predicted molar refractivity (Wildman–Crippen MR) is 76.3 cm³/mol. The van der Waals surface area contributed by atoms with E-state index in [4.69, 9.17) is 16.3 Å². The first-order valence-electron chi connectivity index (χ1n) is 5.84. The molecule has 0 unspecified atom stereocenters. The molecule has 106 valence electrons.